The van der Waals surface area contributed by atoms with Crippen LogP contribution >= 0.6 is 11.3 Å². The largest absolute Gasteiger partial charge is 0.433 e. The van der Waals surface area contributed by atoms with Gasteiger partial charge in [0, 0.05) is 49.3 Å². The van der Waals surface area contributed by atoms with Crippen molar-refractivity contribution >= 4 is 11.3 Å². The zero-order chi connectivity index (χ0) is 18.5. The van der Waals surface area contributed by atoms with Gasteiger partial charge in [0.1, 0.15) is 5.69 Å². The van der Waals surface area contributed by atoms with Crippen molar-refractivity contribution < 1.29 is 13.2 Å². The van der Waals surface area contributed by atoms with Crippen LogP contribution in [0.1, 0.15) is 33.3 Å². The van der Waals surface area contributed by atoms with Gasteiger partial charge in [-0.15, -0.1) is 11.3 Å². The molecular weight excluding hydrogens is 361 g/mol. The van der Waals surface area contributed by atoms with Crippen molar-refractivity contribution in [3.63, 3.8) is 0 Å². The molecule has 0 saturated carbocycles. The van der Waals surface area contributed by atoms with E-state index in [4.69, 9.17) is 0 Å². The zero-order valence-electron chi connectivity index (χ0n) is 14.8. The Morgan fingerprint density at radius 2 is 1.88 bits per heavy atom. The van der Waals surface area contributed by atoms with E-state index in [-0.39, 0.29) is 0 Å². The van der Waals surface area contributed by atoms with Crippen LogP contribution in [0, 0.1) is 13.8 Å². The minimum absolute atomic E-state index is 0.526. The summed E-state index contributed by atoms with van der Waals surface area (Å²) in [5, 5.41) is 1.11. The summed E-state index contributed by atoms with van der Waals surface area (Å²) in [6.45, 7) is 7.63. The number of halogens is 3. The predicted octanol–water partition coefficient (Wildman–Crippen LogP) is 3.63. The monoisotopic (exact) mass is 382 g/mol. The molecule has 2 bridgehead atoms. The molecule has 3 aliphatic rings. The highest BCUT2D eigenvalue weighted by Gasteiger charge is 2.44. The van der Waals surface area contributed by atoms with E-state index in [0.717, 1.165) is 42.0 Å². The van der Waals surface area contributed by atoms with Crippen LogP contribution in [0.5, 0.6) is 0 Å². The zero-order valence-corrected chi connectivity index (χ0v) is 15.6. The smallest absolute Gasteiger partial charge is 0.296 e. The minimum atomic E-state index is -4.38. The summed E-state index contributed by atoms with van der Waals surface area (Å²) in [4.78, 5) is 14.3. The van der Waals surface area contributed by atoms with Gasteiger partial charge in [-0.3, -0.25) is 14.8 Å². The summed E-state index contributed by atoms with van der Waals surface area (Å²) in [5.74, 6) is 0. The van der Waals surface area contributed by atoms with Gasteiger partial charge >= 0.3 is 6.18 Å². The Labute approximate surface area is 154 Å². The third-order valence-corrected chi connectivity index (χ3v) is 6.32. The quantitative estimate of drug-likeness (QED) is 0.808. The van der Waals surface area contributed by atoms with Crippen molar-refractivity contribution in [2.75, 3.05) is 13.1 Å². The minimum Gasteiger partial charge on any atom is -0.296 e. The molecule has 140 valence electrons. The fraction of sp³-hybridized carbons (Fsp3) is 0.556. The number of hydrogen-bond donors (Lipinski definition) is 0. The molecule has 0 amide bonds. The number of thiazole rings is 1. The van der Waals surface area contributed by atoms with Gasteiger partial charge in [-0.25, -0.2) is 4.98 Å². The van der Waals surface area contributed by atoms with Crippen LogP contribution < -0.4 is 0 Å². The molecule has 0 aliphatic carbocycles. The number of hydrogen-bond acceptors (Lipinski definition) is 5. The van der Waals surface area contributed by atoms with E-state index in [9.17, 15) is 13.2 Å². The lowest BCUT2D eigenvalue weighted by atomic mass is 9.87. The number of nitrogens with zero attached hydrogens (tertiary/aromatic N) is 4. The Bertz CT molecular complexity index is 775. The van der Waals surface area contributed by atoms with Crippen molar-refractivity contribution in [2.45, 2.75) is 51.6 Å². The second-order valence-electron chi connectivity index (χ2n) is 7.20. The highest BCUT2D eigenvalue weighted by Crippen LogP contribution is 2.36. The first-order chi connectivity index (χ1) is 12.3. The Balaban J connectivity index is 1.34. The summed E-state index contributed by atoms with van der Waals surface area (Å²) in [7, 11) is 0. The van der Waals surface area contributed by atoms with Crippen LogP contribution in [0.2, 0.25) is 0 Å². The second kappa shape index (κ2) is 6.58. The maximum absolute atomic E-state index is 12.6. The van der Waals surface area contributed by atoms with Crippen LogP contribution in [0.25, 0.3) is 0 Å². The standard InChI is InChI=1S/C18H21F3N4S/c1-11-16(26-12(2)23-11)10-25-14-5-15(25)9-24(8-14)7-13-3-4-17(22-6-13)18(19,20)21/h3-4,6,14-15H,5,7-10H2,1-2H3. The summed E-state index contributed by atoms with van der Waals surface area (Å²) < 4.78 is 37.8. The van der Waals surface area contributed by atoms with Crippen LogP contribution in [0.15, 0.2) is 18.3 Å². The van der Waals surface area contributed by atoms with E-state index in [1.807, 2.05) is 6.92 Å². The first-order valence-electron chi connectivity index (χ1n) is 8.72. The number of fused-ring (bicyclic) bond motifs is 2. The molecule has 0 radical (unpaired) electrons. The first kappa shape index (κ1) is 17.9. The van der Waals surface area contributed by atoms with Gasteiger partial charge in [-0.05, 0) is 31.9 Å². The molecule has 0 aromatic carbocycles. The van der Waals surface area contributed by atoms with Crippen molar-refractivity contribution in [3.8, 4) is 0 Å². The number of aryl methyl sites for hydroxylation is 2. The summed E-state index contributed by atoms with van der Waals surface area (Å²) in [6.07, 6.45) is -1.82. The Morgan fingerprint density at radius 1 is 1.15 bits per heavy atom. The maximum atomic E-state index is 12.6. The van der Waals surface area contributed by atoms with E-state index in [2.05, 4.69) is 26.7 Å². The van der Waals surface area contributed by atoms with Crippen LogP contribution in [0.4, 0.5) is 13.2 Å². The Morgan fingerprint density at radius 3 is 2.42 bits per heavy atom. The van der Waals surface area contributed by atoms with Crippen molar-refractivity contribution in [1.29, 1.82) is 0 Å². The average molecular weight is 382 g/mol. The summed E-state index contributed by atoms with van der Waals surface area (Å²) in [6, 6.07) is 3.66. The third kappa shape index (κ3) is 3.50. The van der Waals surface area contributed by atoms with E-state index in [0.29, 0.717) is 18.6 Å². The molecule has 0 N–H and O–H groups in total. The molecule has 5 rings (SSSR count). The maximum Gasteiger partial charge on any atom is 0.433 e. The average Bonchev–Trinajstić information content (AvgIpc) is 2.90. The van der Waals surface area contributed by atoms with E-state index >= 15 is 0 Å². The van der Waals surface area contributed by atoms with Crippen molar-refractivity contribution in [1.82, 2.24) is 19.8 Å². The van der Waals surface area contributed by atoms with E-state index in [1.165, 1.54) is 23.6 Å². The molecule has 2 atom stereocenters. The molecule has 3 aliphatic heterocycles. The fourth-order valence-corrected chi connectivity index (χ4v) is 4.94. The number of aromatic nitrogens is 2. The van der Waals surface area contributed by atoms with Gasteiger partial charge in [-0.2, -0.15) is 13.2 Å². The Kier molecular flexibility index (Phi) is 4.53. The molecule has 2 aromatic heterocycles. The lowest BCUT2D eigenvalue weighted by molar-refractivity contribution is -0.141. The lowest BCUT2D eigenvalue weighted by Gasteiger charge is -2.56. The SMILES string of the molecule is Cc1nc(C)c(CN2C3CC2CN(Cc2ccc(C(F)(F)F)nc2)C3)s1. The topological polar surface area (TPSA) is 32.3 Å². The second-order valence-corrected chi connectivity index (χ2v) is 8.49. The number of alkyl halides is 3. The molecule has 4 nitrogen and oxygen atoms in total. The first-order valence-corrected chi connectivity index (χ1v) is 9.54. The molecular formula is C18H21F3N4S. The van der Waals surface area contributed by atoms with Gasteiger partial charge in [0.25, 0.3) is 0 Å². The molecule has 2 aromatic rings. The summed E-state index contributed by atoms with van der Waals surface area (Å²) >= 11 is 1.77. The Hall–Kier alpha value is -1.51. The highest BCUT2D eigenvalue weighted by molar-refractivity contribution is 7.11. The fourth-order valence-electron chi connectivity index (χ4n) is 3.99. The van der Waals surface area contributed by atoms with E-state index in [1.54, 1.807) is 11.3 Å². The molecule has 0 spiro atoms. The van der Waals surface area contributed by atoms with Gasteiger partial charge in [0.05, 0.1) is 10.7 Å². The number of rotatable bonds is 4. The van der Waals surface area contributed by atoms with Crippen LogP contribution in [0.3, 0.4) is 0 Å². The van der Waals surface area contributed by atoms with Crippen molar-refractivity contribution in [3.05, 3.63) is 45.2 Å². The van der Waals surface area contributed by atoms with Gasteiger partial charge in [-0.1, -0.05) is 6.07 Å². The highest BCUT2D eigenvalue weighted by atomic mass is 32.1. The molecule has 3 fully saturated rings. The van der Waals surface area contributed by atoms with Gasteiger partial charge < -0.3 is 0 Å². The number of piperidine rings is 1. The molecule has 2 unspecified atom stereocenters. The van der Waals surface area contributed by atoms with Gasteiger partial charge in [0.2, 0.25) is 0 Å². The summed E-state index contributed by atoms with van der Waals surface area (Å²) in [5.41, 5.74) is 1.13. The van der Waals surface area contributed by atoms with Gasteiger partial charge in [0.15, 0.2) is 0 Å². The number of pyridine rings is 1. The van der Waals surface area contributed by atoms with E-state index < -0.39 is 11.9 Å². The predicted molar refractivity (Wildman–Crippen MR) is 93.8 cm³/mol. The third-order valence-electron chi connectivity index (χ3n) is 5.27. The number of piperazine rings is 1. The van der Waals surface area contributed by atoms with Crippen molar-refractivity contribution in [2.24, 2.45) is 0 Å². The lowest BCUT2D eigenvalue weighted by Crippen LogP contribution is -2.67. The normalized spacial score (nSPS) is 23.9. The molecule has 26 heavy (non-hydrogen) atoms. The van der Waals surface area contributed by atoms with Crippen LogP contribution in [-0.2, 0) is 19.3 Å². The molecule has 8 heteroatoms. The molecule has 3 saturated heterocycles. The molecule has 5 heterocycles. The van der Waals surface area contributed by atoms with Crippen LogP contribution in [-0.4, -0.2) is 44.9 Å².